The van der Waals surface area contributed by atoms with Crippen LogP contribution in [0.1, 0.15) is 33.3 Å². The molecule has 1 aliphatic rings. The van der Waals surface area contributed by atoms with Crippen molar-refractivity contribution >= 4 is 5.91 Å². The van der Waals surface area contributed by atoms with Crippen molar-refractivity contribution in [3.63, 3.8) is 0 Å². The highest BCUT2D eigenvalue weighted by atomic mass is 19.4. The molecule has 0 aliphatic carbocycles. The summed E-state index contributed by atoms with van der Waals surface area (Å²) in [5, 5.41) is 0. The Bertz CT molecular complexity index is 824. The van der Waals surface area contributed by atoms with Crippen molar-refractivity contribution in [3.8, 4) is 0 Å². The highest BCUT2D eigenvalue weighted by Gasteiger charge is 2.32. The monoisotopic (exact) mass is 383 g/mol. The van der Waals surface area contributed by atoms with Crippen LogP contribution in [0.5, 0.6) is 0 Å². The van der Waals surface area contributed by atoms with E-state index in [1.54, 1.807) is 6.07 Å². The van der Waals surface area contributed by atoms with Crippen LogP contribution in [0.2, 0.25) is 0 Å². The number of nitrogens with zero attached hydrogens (tertiary/aromatic N) is 2. The number of aromatic nitrogens is 1. The van der Waals surface area contributed by atoms with E-state index in [1.807, 2.05) is 4.90 Å². The van der Waals surface area contributed by atoms with Crippen molar-refractivity contribution in [2.24, 2.45) is 5.73 Å². The molecular weight excluding hydrogens is 366 g/mol. The summed E-state index contributed by atoms with van der Waals surface area (Å²) in [5.74, 6) is -1.51. The second kappa shape index (κ2) is 7.61. The van der Waals surface area contributed by atoms with Crippen molar-refractivity contribution < 1.29 is 27.1 Å². The Labute approximate surface area is 152 Å². The smallest absolute Gasteiger partial charge is 0.369 e. The zero-order valence-corrected chi connectivity index (χ0v) is 14.2. The van der Waals surface area contributed by atoms with Crippen LogP contribution in [0.15, 0.2) is 36.5 Å². The number of nitrogens with two attached hydrogens (primary N) is 1. The number of halogens is 4. The van der Waals surface area contributed by atoms with E-state index in [1.165, 1.54) is 12.3 Å². The summed E-state index contributed by atoms with van der Waals surface area (Å²) >= 11 is 0. The van der Waals surface area contributed by atoms with Gasteiger partial charge in [0.1, 0.15) is 11.9 Å². The fourth-order valence-electron chi connectivity index (χ4n) is 2.93. The summed E-state index contributed by atoms with van der Waals surface area (Å²) in [6, 6.07) is 5.69. The first-order valence-corrected chi connectivity index (χ1v) is 8.19. The first kappa shape index (κ1) is 19.2. The van der Waals surface area contributed by atoms with Crippen molar-refractivity contribution in [1.82, 2.24) is 9.88 Å². The predicted molar refractivity (Wildman–Crippen MR) is 88.1 cm³/mol. The summed E-state index contributed by atoms with van der Waals surface area (Å²) in [4.78, 5) is 17.1. The number of primary amides is 1. The van der Waals surface area contributed by atoms with Gasteiger partial charge in [0.15, 0.2) is 0 Å². The normalized spacial score (nSPS) is 18.4. The number of hydrogen-bond acceptors (Lipinski definition) is 4. The average molecular weight is 383 g/mol. The molecule has 0 radical (unpaired) electrons. The van der Waals surface area contributed by atoms with E-state index in [-0.39, 0.29) is 17.7 Å². The van der Waals surface area contributed by atoms with Crippen LogP contribution in [0, 0.1) is 5.82 Å². The lowest BCUT2D eigenvalue weighted by atomic mass is 10.1. The molecule has 1 atom stereocenters. The van der Waals surface area contributed by atoms with Gasteiger partial charge < -0.3 is 10.5 Å². The molecule has 9 heteroatoms. The van der Waals surface area contributed by atoms with Gasteiger partial charge in [-0.15, -0.1) is 0 Å². The van der Waals surface area contributed by atoms with Crippen molar-refractivity contribution in [2.45, 2.75) is 18.8 Å². The third kappa shape index (κ3) is 4.81. The Hall–Kier alpha value is -2.52. The van der Waals surface area contributed by atoms with E-state index in [4.69, 9.17) is 10.5 Å². The average Bonchev–Trinajstić information content (AvgIpc) is 2.61. The van der Waals surface area contributed by atoms with Gasteiger partial charge in [-0.3, -0.25) is 14.7 Å². The van der Waals surface area contributed by atoms with Crippen LogP contribution >= 0.6 is 0 Å². The molecular formula is C18H17F4N3O2. The lowest BCUT2D eigenvalue weighted by molar-refractivity contribution is -0.137. The number of amides is 1. The molecule has 0 spiro atoms. The Morgan fingerprint density at radius 3 is 2.70 bits per heavy atom. The molecule has 27 heavy (non-hydrogen) atoms. The number of rotatable bonds is 4. The van der Waals surface area contributed by atoms with Gasteiger partial charge in [0, 0.05) is 25.8 Å². The number of hydrogen-bond donors (Lipinski definition) is 1. The van der Waals surface area contributed by atoms with E-state index in [2.05, 4.69) is 4.98 Å². The fraction of sp³-hybridized carbons (Fsp3) is 0.333. The van der Waals surface area contributed by atoms with Gasteiger partial charge in [0.25, 0.3) is 0 Å². The quantitative estimate of drug-likeness (QED) is 0.825. The molecule has 1 aromatic carbocycles. The van der Waals surface area contributed by atoms with Crippen molar-refractivity contribution in [2.75, 3.05) is 19.7 Å². The van der Waals surface area contributed by atoms with E-state index in [0.29, 0.717) is 31.5 Å². The zero-order valence-electron chi connectivity index (χ0n) is 14.2. The number of ether oxygens (including phenoxy) is 1. The number of pyridine rings is 1. The van der Waals surface area contributed by atoms with E-state index < -0.39 is 29.6 Å². The molecule has 2 aromatic rings. The largest absolute Gasteiger partial charge is 0.416 e. The van der Waals surface area contributed by atoms with E-state index in [0.717, 1.165) is 12.1 Å². The summed E-state index contributed by atoms with van der Waals surface area (Å²) in [7, 11) is 0. The number of morpholine rings is 1. The van der Waals surface area contributed by atoms with Gasteiger partial charge >= 0.3 is 6.18 Å². The van der Waals surface area contributed by atoms with Crippen LogP contribution in [0.25, 0.3) is 0 Å². The lowest BCUT2D eigenvalue weighted by Crippen LogP contribution is -2.38. The van der Waals surface area contributed by atoms with E-state index >= 15 is 0 Å². The molecule has 1 unspecified atom stereocenters. The Morgan fingerprint density at radius 1 is 1.30 bits per heavy atom. The van der Waals surface area contributed by atoms with Crippen LogP contribution in [0.3, 0.4) is 0 Å². The Morgan fingerprint density at radius 2 is 2.07 bits per heavy atom. The number of alkyl halides is 3. The third-order valence-corrected chi connectivity index (χ3v) is 4.24. The molecule has 1 aromatic heterocycles. The molecule has 3 rings (SSSR count). The maximum absolute atomic E-state index is 13.6. The number of carbonyl (C=O) groups excluding carboxylic acids is 1. The maximum atomic E-state index is 13.6. The van der Waals surface area contributed by atoms with Crippen molar-refractivity contribution in [3.05, 3.63) is 64.7 Å². The van der Waals surface area contributed by atoms with Gasteiger partial charge in [-0.1, -0.05) is 0 Å². The predicted octanol–water partition coefficient (Wildman–Crippen LogP) is 2.91. The minimum Gasteiger partial charge on any atom is -0.369 e. The molecule has 1 saturated heterocycles. The molecule has 5 nitrogen and oxygen atoms in total. The second-order valence-corrected chi connectivity index (χ2v) is 6.28. The van der Waals surface area contributed by atoms with Gasteiger partial charge in [-0.05, 0) is 35.9 Å². The topological polar surface area (TPSA) is 68.5 Å². The maximum Gasteiger partial charge on any atom is 0.416 e. The first-order chi connectivity index (χ1) is 12.7. The van der Waals surface area contributed by atoms with E-state index in [9.17, 15) is 22.4 Å². The molecule has 0 bridgehead atoms. The zero-order chi connectivity index (χ0) is 19.6. The lowest BCUT2D eigenvalue weighted by Gasteiger charge is -2.32. The Kier molecular flexibility index (Phi) is 5.43. The molecule has 1 fully saturated rings. The molecule has 1 amide bonds. The highest BCUT2D eigenvalue weighted by molar-refractivity contribution is 5.92. The Balaban J connectivity index is 1.71. The first-order valence-electron chi connectivity index (χ1n) is 8.19. The molecule has 1 aliphatic heterocycles. The minimum atomic E-state index is -4.60. The van der Waals surface area contributed by atoms with Gasteiger partial charge in [-0.25, -0.2) is 4.39 Å². The SMILES string of the molecule is NC(=O)c1ccc(C2CN(Cc3cc(F)cc(C(F)(F)F)c3)CCO2)nc1. The molecule has 144 valence electrons. The van der Waals surface area contributed by atoms with Gasteiger partial charge in [0.05, 0.1) is 23.4 Å². The van der Waals surface area contributed by atoms with Crippen LogP contribution in [0.4, 0.5) is 17.6 Å². The molecule has 2 heterocycles. The van der Waals surface area contributed by atoms with Gasteiger partial charge in [0.2, 0.25) is 5.91 Å². The highest BCUT2D eigenvalue weighted by Crippen LogP contribution is 2.31. The molecule has 2 N–H and O–H groups in total. The number of carbonyl (C=O) groups is 1. The second-order valence-electron chi connectivity index (χ2n) is 6.28. The minimum absolute atomic E-state index is 0.153. The summed E-state index contributed by atoms with van der Waals surface area (Å²) < 4.78 is 57.8. The number of benzene rings is 1. The van der Waals surface area contributed by atoms with Crippen molar-refractivity contribution in [1.29, 1.82) is 0 Å². The van der Waals surface area contributed by atoms with Crippen LogP contribution < -0.4 is 5.73 Å². The molecule has 0 saturated carbocycles. The summed E-state index contributed by atoms with van der Waals surface area (Å²) in [6.45, 7) is 1.37. The van der Waals surface area contributed by atoms with Crippen LogP contribution in [-0.2, 0) is 17.5 Å². The summed E-state index contributed by atoms with van der Waals surface area (Å²) in [6.07, 6.45) is -3.66. The van der Waals surface area contributed by atoms with Gasteiger partial charge in [-0.2, -0.15) is 13.2 Å². The van der Waals surface area contributed by atoms with Crippen LogP contribution in [-0.4, -0.2) is 35.5 Å². The standard InChI is InChI=1S/C18H17F4N3O2/c19-14-6-11(5-13(7-14)18(20,21)22)9-25-3-4-27-16(10-25)15-2-1-12(8-24-15)17(23)26/h1-2,5-8,16H,3-4,9-10H2,(H2,23,26). The fourth-order valence-corrected chi connectivity index (χ4v) is 2.93. The summed E-state index contributed by atoms with van der Waals surface area (Å²) in [5.41, 5.74) is 5.26. The third-order valence-electron chi connectivity index (χ3n) is 4.24.